The van der Waals surface area contributed by atoms with Gasteiger partial charge in [0.15, 0.2) is 22.4 Å². The Hall–Kier alpha value is -1.85. The lowest BCUT2D eigenvalue weighted by molar-refractivity contribution is -0.148. The molecular weight excluding hydrogens is 633 g/mol. The second-order valence-electron chi connectivity index (χ2n) is 18.3. The van der Waals surface area contributed by atoms with Gasteiger partial charge in [-0.25, -0.2) is 0 Å². The van der Waals surface area contributed by atoms with Gasteiger partial charge >= 0.3 is 0 Å². The first-order valence-corrected chi connectivity index (χ1v) is 23.7. The molecule has 48 heavy (non-hydrogen) atoms. The molecule has 0 saturated heterocycles. The van der Waals surface area contributed by atoms with Crippen LogP contribution in [0.3, 0.4) is 0 Å². The van der Waals surface area contributed by atoms with E-state index in [1.807, 2.05) is 51.1 Å². The second kappa shape index (κ2) is 14.4. The Morgan fingerprint density at radius 2 is 1.42 bits per heavy atom. The highest BCUT2D eigenvalue weighted by Gasteiger charge is 2.59. The quantitative estimate of drug-likeness (QED) is 0.199. The summed E-state index contributed by atoms with van der Waals surface area (Å²) in [6.45, 7) is 32.9. The molecule has 0 bridgehead atoms. The van der Waals surface area contributed by atoms with Crippen molar-refractivity contribution in [3.05, 3.63) is 53.1 Å². The maximum atomic E-state index is 15.0. The van der Waals surface area contributed by atoms with Gasteiger partial charge in [0.05, 0.1) is 25.9 Å². The second-order valence-corrected chi connectivity index (χ2v) is 27.8. The van der Waals surface area contributed by atoms with Gasteiger partial charge in [-0.3, -0.25) is 9.59 Å². The Balaban J connectivity index is 2.30. The van der Waals surface area contributed by atoms with Crippen molar-refractivity contribution >= 4 is 28.2 Å². The van der Waals surface area contributed by atoms with Gasteiger partial charge in [-0.15, -0.1) is 0 Å². The van der Waals surface area contributed by atoms with Crippen LogP contribution in [0.15, 0.2) is 47.6 Å². The monoisotopic (exact) mass is 698 g/mol. The van der Waals surface area contributed by atoms with E-state index in [1.165, 1.54) is 0 Å². The Morgan fingerprint density at radius 1 is 0.875 bits per heavy atom. The summed E-state index contributed by atoms with van der Waals surface area (Å²) in [6, 6.07) is 7.84. The smallest absolute Gasteiger partial charge is 0.192 e. The fraction of sp³-hybridized carbons (Fsp3) is 0.700. The zero-order valence-electron chi connectivity index (χ0n) is 33.1. The third kappa shape index (κ3) is 8.71. The number of carbonyl (C=O) groups excluding carboxylic acids is 2. The Kier molecular flexibility index (Phi) is 12.2. The van der Waals surface area contributed by atoms with Crippen molar-refractivity contribution in [1.82, 2.24) is 0 Å². The molecule has 8 heteroatoms. The van der Waals surface area contributed by atoms with Crippen LogP contribution in [0.25, 0.3) is 0 Å². The lowest BCUT2D eigenvalue weighted by atomic mass is 9.77. The van der Waals surface area contributed by atoms with Crippen molar-refractivity contribution in [2.24, 2.45) is 17.3 Å². The number of allylic oxidation sites excluding steroid dienone is 1. The minimum atomic E-state index is -2.28. The van der Waals surface area contributed by atoms with Crippen LogP contribution < -0.4 is 4.74 Å². The largest absolute Gasteiger partial charge is 0.497 e. The molecule has 1 fully saturated rings. The molecule has 270 valence electrons. The third-order valence-corrected chi connectivity index (χ3v) is 20.9. The van der Waals surface area contributed by atoms with Crippen molar-refractivity contribution in [3.63, 3.8) is 0 Å². The summed E-state index contributed by atoms with van der Waals surface area (Å²) >= 11 is 0. The summed E-state index contributed by atoms with van der Waals surface area (Å²) in [5, 5.41) is -0.0513. The number of ketones is 2. The van der Waals surface area contributed by atoms with Crippen molar-refractivity contribution in [3.8, 4) is 5.75 Å². The third-order valence-electron chi connectivity index (χ3n) is 12.0. The number of Topliss-reactive ketones (excluding diaryl/α,β-unsaturated/α-hetero) is 2. The van der Waals surface area contributed by atoms with Gasteiger partial charge < -0.3 is 18.3 Å². The van der Waals surface area contributed by atoms with Crippen molar-refractivity contribution < 1.29 is 27.9 Å². The van der Waals surface area contributed by atoms with Crippen molar-refractivity contribution in [1.29, 1.82) is 0 Å². The number of hydrogen-bond donors (Lipinski definition) is 0. The molecule has 1 aromatic rings. The standard InChI is InChI=1S/C40H66O6Si2/c1-27-21-22-39(10,11)34(41)24-33(45-47(13,14)37(4,5)6)28(2)23-32-35(46-48(15,16)38(7,8)9)29(3)25-40(32,36(27)42)44-26-30-17-19-31(43-12)20-18-30/h17-21,23,29,32-33,35H,22,24-26H2,1-16H3/b27-21+,28-23+/t29-,32-,33?,35+,40+/m0/s1. The first-order chi connectivity index (χ1) is 21.8. The maximum Gasteiger partial charge on any atom is 0.192 e. The molecule has 1 unspecified atom stereocenters. The van der Waals surface area contributed by atoms with Gasteiger partial charge in [-0.2, -0.15) is 0 Å². The number of ether oxygens (including phenoxy) is 2. The summed E-state index contributed by atoms with van der Waals surface area (Å²) in [4.78, 5) is 29.0. The highest BCUT2D eigenvalue weighted by molar-refractivity contribution is 6.74. The Labute approximate surface area is 294 Å². The van der Waals surface area contributed by atoms with Crippen LogP contribution in [-0.4, -0.2) is 53.1 Å². The molecule has 2 aliphatic carbocycles. The molecule has 0 aromatic heterocycles. The topological polar surface area (TPSA) is 71.1 Å². The maximum absolute atomic E-state index is 15.0. The fourth-order valence-electron chi connectivity index (χ4n) is 6.30. The van der Waals surface area contributed by atoms with E-state index in [1.54, 1.807) is 7.11 Å². The molecule has 3 rings (SSSR count). The number of carbonyl (C=O) groups is 2. The van der Waals surface area contributed by atoms with E-state index >= 15 is 0 Å². The first kappa shape index (κ1) is 40.6. The molecule has 0 N–H and O–H groups in total. The van der Waals surface area contributed by atoms with Gasteiger partial charge in [0.25, 0.3) is 0 Å². The predicted molar refractivity (Wildman–Crippen MR) is 202 cm³/mol. The number of methoxy groups -OCH3 is 1. The van der Waals surface area contributed by atoms with Crippen LogP contribution >= 0.6 is 0 Å². The van der Waals surface area contributed by atoms with Gasteiger partial charge in [0.2, 0.25) is 0 Å². The Morgan fingerprint density at radius 3 is 1.94 bits per heavy atom. The van der Waals surface area contributed by atoms with E-state index in [-0.39, 0.29) is 46.2 Å². The number of benzene rings is 1. The molecule has 2 aliphatic rings. The van der Waals surface area contributed by atoms with Gasteiger partial charge in [0.1, 0.15) is 17.1 Å². The minimum absolute atomic E-state index is 0.0160. The van der Waals surface area contributed by atoms with Crippen molar-refractivity contribution in [2.75, 3.05) is 7.11 Å². The van der Waals surface area contributed by atoms with Crippen LogP contribution in [0.4, 0.5) is 0 Å². The number of hydrogen-bond acceptors (Lipinski definition) is 6. The van der Waals surface area contributed by atoms with E-state index in [0.29, 0.717) is 24.8 Å². The predicted octanol–water partition coefficient (Wildman–Crippen LogP) is 10.2. The van der Waals surface area contributed by atoms with Crippen LogP contribution in [0.1, 0.15) is 101 Å². The van der Waals surface area contributed by atoms with Crippen LogP contribution in [-0.2, 0) is 29.8 Å². The van der Waals surface area contributed by atoms with Crippen LogP contribution in [0.5, 0.6) is 5.75 Å². The summed E-state index contributed by atoms with van der Waals surface area (Å²) in [5.74, 6) is 0.583. The lowest BCUT2D eigenvalue weighted by Crippen LogP contribution is -2.51. The molecule has 0 radical (unpaired) electrons. The highest BCUT2D eigenvalue weighted by atomic mass is 28.4. The summed E-state index contributed by atoms with van der Waals surface area (Å²) < 4.78 is 26.8. The van der Waals surface area contributed by atoms with E-state index in [9.17, 15) is 9.59 Å². The van der Waals surface area contributed by atoms with E-state index < -0.39 is 33.8 Å². The molecule has 6 nitrogen and oxygen atoms in total. The molecule has 0 spiro atoms. The lowest BCUT2D eigenvalue weighted by Gasteiger charge is -2.43. The molecule has 0 amide bonds. The zero-order chi connectivity index (χ0) is 36.7. The normalized spacial score (nSPS) is 30.0. The summed E-state index contributed by atoms with van der Waals surface area (Å²) in [6.07, 6.45) is 4.83. The number of rotatable bonds is 8. The molecule has 1 saturated carbocycles. The number of fused-ring (bicyclic) bond motifs is 1. The van der Waals surface area contributed by atoms with E-state index in [0.717, 1.165) is 16.9 Å². The molecule has 0 heterocycles. The van der Waals surface area contributed by atoms with Crippen molar-refractivity contribution in [2.45, 2.75) is 156 Å². The summed E-state index contributed by atoms with van der Waals surface area (Å²) in [5.41, 5.74) is 0.778. The molecule has 5 atom stereocenters. The van der Waals surface area contributed by atoms with Gasteiger partial charge in [0, 0.05) is 17.8 Å². The van der Waals surface area contributed by atoms with Gasteiger partial charge in [-0.05, 0) is 97.7 Å². The molecular formula is C40H66O6Si2. The first-order valence-electron chi connectivity index (χ1n) is 17.8. The molecule has 1 aromatic carbocycles. The minimum Gasteiger partial charge on any atom is -0.497 e. The zero-order valence-corrected chi connectivity index (χ0v) is 35.1. The average Bonchev–Trinajstić information content (AvgIpc) is 3.22. The fourth-order valence-corrected chi connectivity index (χ4v) is 9.04. The summed E-state index contributed by atoms with van der Waals surface area (Å²) in [7, 11) is -2.88. The van der Waals surface area contributed by atoms with Crippen LogP contribution in [0.2, 0.25) is 36.3 Å². The Bertz CT molecular complexity index is 1380. The van der Waals surface area contributed by atoms with E-state index in [2.05, 4.69) is 87.7 Å². The van der Waals surface area contributed by atoms with Crippen LogP contribution in [0, 0.1) is 17.3 Å². The van der Waals surface area contributed by atoms with Gasteiger partial charge in [-0.1, -0.05) is 86.6 Å². The van der Waals surface area contributed by atoms with E-state index in [4.69, 9.17) is 18.3 Å². The molecule has 0 aliphatic heterocycles. The average molecular weight is 699 g/mol. The highest BCUT2D eigenvalue weighted by Crippen LogP contribution is 2.51. The SMILES string of the molecule is COc1ccc(CO[C@]23C[C@H](C)[C@@H](O[Si](C)(C)C(C)(C)C)[C@@H]2/C=C(\C)C(O[Si](C)(C)C(C)(C)C)CC(=O)C(C)(C)C/C=C(\C)C3=O)cc1.